The van der Waals surface area contributed by atoms with Gasteiger partial charge < -0.3 is 9.84 Å². The number of ketones is 1. The minimum atomic E-state index is -0.902. The van der Waals surface area contributed by atoms with E-state index in [1.54, 1.807) is 19.1 Å². The summed E-state index contributed by atoms with van der Waals surface area (Å²) < 4.78 is 7.03. The highest BCUT2D eigenvalue weighted by Crippen LogP contribution is 2.46. The summed E-state index contributed by atoms with van der Waals surface area (Å²) in [4.78, 5) is 24.2. The molecule has 166 valence electrons. The predicted octanol–water partition coefficient (Wildman–Crippen LogP) is 7.01. The van der Waals surface area contributed by atoms with Crippen molar-refractivity contribution in [2.24, 2.45) is 0 Å². The van der Waals surface area contributed by atoms with Gasteiger partial charge in [-0.1, -0.05) is 39.8 Å². The third-order valence-corrected chi connectivity index (χ3v) is 7.59. The van der Waals surface area contributed by atoms with E-state index in [1.165, 1.54) is 11.1 Å². The summed E-state index contributed by atoms with van der Waals surface area (Å²) in [5.74, 6) is -1.16. The van der Waals surface area contributed by atoms with Crippen LogP contribution in [0.15, 0.2) is 39.3 Å². The number of rotatable bonds is 6. The van der Waals surface area contributed by atoms with Gasteiger partial charge in [0.2, 0.25) is 0 Å². The molecule has 3 rings (SSSR count). The van der Waals surface area contributed by atoms with Crippen molar-refractivity contribution in [3.63, 3.8) is 0 Å². The number of carbonyl (C=O) groups excluding carboxylic acids is 1. The number of ether oxygens (including phenoxy) is 1. The van der Waals surface area contributed by atoms with Crippen LogP contribution in [-0.2, 0) is 15.6 Å². The topological polar surface area (TPSA) is 63.6 Å². The second-order valence-corrected chi connectivity index (χ2v) is 11.3. The van der Waals surface area contributed by atoms with E-state index >= 15 is 0 Å². The van der Waals surface area contributed by atoms with Crippen molar-refractivity contribution in [1.82, 2.24) is 0 Å². The number of fused-ring (bicyclic) bond motifs is 1. The molecule has 0 fully saturated rings. The third-order valence-electron chi connectivity index (χ3n) is 6.41. The number of carboxylic acids is 1. The quantitative estimate of drug-likeness (QED) is 0.392. The Bertz CT molecular complexity index is 1020. The van der Waals surface area contributed by atoms with Gasteiger partial charge in [-0.3, -0.25) is 9.59 Å². The lowest BCUT2D eigenvalue weighted by Crippen LogP contribution is -2.34. The number of carboxylic acid groups (broad SMARTS) is 1. The van der Waals surface area contributed by atoms with E-state index in [0.29, 0.717) is 25.8 Å². The van der Waals surface area contributed by atoms with E-state index in [1.807, 2.05) is 12.1 Å². The van der Waals surface area contributed by atoms with Gasteiger partial charge in [0, 0.05) is 5.56 Å². The molecule has 0 aromatic heterocycles. The fourth-order valence-corrected chi connectivity index (χ4v) is 5.54. The van der Waals surface area contributed by atoms with E-state index in [2.05, 4.69) is 65.6 Å². The average molecular weight is 552 g/mol. The van der Waals surface area contributed by atoms with Crippen molar-refractivity contribution in [2.45, 2.75) is 64.2 Å². The molecule has 4 nitrogen and oxygen atoms in total. The summed E-state index contributed by atoms with van der Waals surface area (Å²) in [7, 11) is 0. The van der Waals surface area contributed by atoms with Gasteiger partial charge in [-0.2, -0.15) is 0 Å². The Morgan fingerprint density at radius 3 is 2.10 bits per heavy atom. The number of carbonyl (C=O) groups is 2. The normalized spacial score (nSPS) is 17.5. The van der Waals surface area contributed by atoms with Gasteiger partial charge in [-0.15, -0.1) is 0 Å². The van der Waals surface area contributed by atoms with E-state index in [-0.39, 0.29) is 23.2 Å². The Kier molecular flexibility index (Phi) is 6.73. The van der Waals surface area contributed by atoms with Gasteiger partial charge in [-0.05, 0) is 97.3 Å². The molecule has 0 radical (unpaired) electrons. The molecule has 0 saturated carbocycles. The van der Waals surface area contributed by atoms with Crippen molar-refractivity contribution in [3.05, 3.63) is 61.5 Å². The van der Waals surface area contributed by atoms with Crippen LogP contribution >= 0.6 is 31.9 Å². The Morgan fingerprint density at radius 2 is 1.55 bits per heavy atom. The monoisotopic (exact) mass is 550 g/mol. The largest absolute Gasteiger partial charge is 0.483 e. The summed E-state index contributed by atoms with van der Waals surface area (Å²) in [5.41, 5.74) is 3.98. The van der Waals surface area contributed by atoms with Crippen LogP contribution in [0.5, 0.6) is 5.75 Å². The average Bonchev–Trinajstić information content (AvgIpc) is 2.69. The van der Waals surface area contributed by atoms with Crippen molar-refractivity contribution in [1.29, 1.82) is 0 Å². The van der Waals surface area contributed by atoms with Gasteiger partial charge in [-0.25, -0.2) is 0 Å². The standard InChI is InChI=1S/C25H28Br2O4/c1-14(23(29)30)16-11-19(26)22(20(27)12-16)31-13-21(28)15-6-7-17-18(10-15)25(4,5)9-8-24(17,2)3/h6-7,10-12,14H,8-9,13H2,1-5H3,(H,29,30). The van der Waals surface area contributed by atoms with Crippen LogP contribution in [0.3, 0.4) is 0 Å². The van der Waals surface area contributed by atoms with Crippen LogP contribution in [0.2, 0.25) is 0 Å². The first-order chi connectivity index (χ1) is 14.3. The Hall–Kier alpha value is -1.66. The second-order valence-electron chi connectivity index (χ2n) is 9.61. The minimum Gasteiger partial charge on any atom is -0.483 e. The zero-order valence-electron chi connectivity index (χ0n) is 18.5. The first-order valence-electron chi connectivity index (χ1n) is 10.4. The fraction of sp³-hybridized carbons (Fsp3) is 0.440. The van der Waals surface area contributed by atoms with Crippen molar-refractivity contribution < 1.29 is 19.4 Å². The lowest BCUT2D eigenvalue weighted by atomic mass is 9.63. The SMILES string of the molecule is CC(C(=O)O)c1cc(Br)c(OCC(=O)c2ccc3c(c2)C(C)(C)CCC3(C)C)c(Br)c1. The smallest absolute Gasteiger partial charge is 0.310 e. The van der Waals surface area contributed by atoms with Gasteiger partial charge in [0.25, 0.3) is 0 Å². The van der Waals surface area contributed by atoms with E-state index in [9.17, 15) is 14.7 Å². The molecular weight excluding hydrogens is 524 g/mol. The summed E-state index contributed by atoms with van der Waals surface area (Å²) in [6.07, 6.45) is 2.21. The molecule has 31 heavy (non-hydrogen) atoms. The highest BCUT2D eigenvalue weighted by atomic mass is 79.9. The minimum absolute atomic E-state index is 0.0325. The molecule has 0 saturated heterocycles. The van der Waals surface area contributed by atoms with E-state index < -0.39 is 11.9 Å². The number of halogens is 2. The van der Waals surface area contributed by atoms with E-state index in [0.717, 1.165) is 12.8 Å². The van der Waals surface area contributed by atoms with Crippen LogP contribution in [-0.4, -0.2) is 23.5 Å². The molecule has 0 spiro atoms. The Labute approximate surface area is 200 Å². The number of hydrogen-bond donors (Lipinski definition) is 1. The zero-order valence-corrected chi connectivity index (χ0v) is 21.7. The molecular formula is C25H28Br2O4. The second kappa shape index (κ2) is 8.70. The molecule has 1 aliphatic rings. The summed E-state index contributed by atoms with van der Waals surface area (Å²) in [6, 6.07) is 9.45. The lowest BCUT2D eigenvalue weighted by Gasteiger charge is -2.42. The highest BCUT2D eigenvalue weighted by Gasteiger charge is 2.37. The molecule has 1 N–H and O–H groups in total. The van der Waals surface area contributed by atoms with Crippen LogP contribution < -0.4 is 4.74 Å². The molecule has 1 atom stereocenters. The molecule has 6 heteroatoms. The van der Waals surface area contributed by atoms with Crippen LogP contribution in [0.25, 0.3) is 0 Å². The van der Waals surface area contributed by atoms with Gasteiger partial charge >= 0.3 is 5.97 Å². The van der Waals surface area contributed by atoms with Crippen molar-refractivity contribution in [3.8, 4) is 5.75 Å². The molecule has 0 aliphatic heterocycles. The maximum Gasteiger partial charge on any atom is 0.310 e. The number of benzene rings is 2. The predicted molar refractivity (Wildman–Crippen MR) is 129 cm³/mol. The number of aliphatic carboxylic acids is 1. The molecule has 2 aromatic rings. The fourth-order valence-electron chi connectivity index (χ4n) is 4.09. The Balaban J connectivity index is 1.82. The molecule has 0 bridgehead atoms. The zero-order chi connectivity index (χ0) is 23.1. The summed E-state index contributed by atoms with van der Waals surface area (Å²) >= 11 is 6.88. The maximum atomic E-state index is 12.9. The first-order valence-corrected chi connectivity index (χ1v) is 11.9. The molecule has 1 aliphatic carbocycles. The van der Waals surface area contributed by atoms with E-state index in [4.69, 9.17) is 4.74 Å². The highest BCUT2D eigenvalue weighted by molar-refractivity contribution is 9.11. The van der Waals surface area contributed by atoms with Crippen molar-refractivity contribution in [2.75, 3.05) is 6.61 Å². The molecule has 2 aromatic carbocycles. The molecule has 0 heterocycles. The van der Waals surface area contributed by atoms with Gasteiger partial charge in [0.1, 0.15) is 5.75 Å². The summed E-state index contributed by atoms with van der Waals surface area (Å²) in [5, 5.41) is 9.24. The van der Waals surface area contributed by atoms with Gasteiger partial charge in [0.05, 0.1) is 14.9 Å². The van der Waals surface area contributed by atoms with Crippen LogP contribution in [0.4, 0.5) is 0 Å². The lowest BCUT2D eigenvalue weighted by molar-refractivity contribution is -0.138. The van der Waals surface area contributed by atoms with Gasteiger partial charge in [0.15, 0.2) is 12.4 Å². The van der Waals surface area contributed by atoms with Crippen LogP contribution in [0, 0.1) is 0 Å². The van der Waals surface area contributed by atoms with Crippen LogP contribution in [0.1, 0.15) is 80.4 Å². The maximum absolute atomic E-state index is 12.9. The molecule has 0 amide bonds. The van der Waals surface area contributed by atoms with Crippen molar-refractivity contribution >= 4 is 43.6 Å². The number of hydrogen-bond acceptors (Lipinski definition) is 3. The molecule has 1 unspecified atom stereocenters. The summed E-state index contributed by atoms with van der Waals surface area (Å²) in [6.45, 7) is 10.5. The Morgan fingerprint density at radius 1 is 1.00 bits per heavy atom. The number of Topliss-reactive ketones (excluding diaryl/α,β-unsaturated/α-hetero) is 1. The third kappa shape index (κ3) is 4.90. The first kappa shape index (κ1) is 24.0.